The molecule has 2 N–H and O–H groups in total. The van der Waals surface area contributed by atoms with E-state index in [4.69, 9.17) is 0 Å². The summed E-state index contributed by atoms with van der Waals surface area (Å²) in [6.07, 6.45) is 8.30. The van der Waals surface area contributed by atoms with E-state index in [9.17, 15) is 5.11 Å². The molecular weight excluding hydrogens is 308 g/mol. The topological polar surface area (TPSA) is 45.2 Å². The Morgan fingerprint density at radius 2 is 1.84 bits per heavy atom. The molecule has 0 unspecified atom stereocenters. The van der Waals surface area contributed by atoms with Crippen LogP contribution >= 0.6 is 0 Å². The van der Waals surface area contributed by atoms with Crippen LogP contribution in [0.4, 0.5) is 0 Å². The van der Waals surface area contributed by atoms with Crippen molar-refractivity contribution in [2.75, 3.05) is 6.61 Å². The molecule has 2 rings (SSSR count). The van der Waals surface area contributed by atoms with Gasteiger partial charge in [0.2, 0.25) is 0 Å². The Morgan fingerprint density at radius 3 is 2.48 bits per heavy atom. The van der Waals surface area contributed by atoms with E-state index < -0.39 is 0 Å². The number of dihydropyridines is 1. The zero-order valence-corrected chi connectivity index (χ0v) is 15.4. The van der Waals surface area contributed by atoms with Gasteiger partial charge in [0.25, 0.3) is 0 Å². The smallest absolute Gasteiger partial charge is 0.0834 e. The molecule has 1 aromatic heterocycles. The predicted octanol–water partition coefficient (Wildman–Crippen LogP) is 4.95. The van der Waals surface area contributed by atoms with Crippen LogP contribution in [-0.4, -0.2) is 16.7 Å². The van der Waals surface area contributed by atoms with Crippen molar-refractivity contribution >= 4 is 5.57 Å². The fourth-order valence-corrected chi connectivity index (χ4v) is 2.42. The lowest BCUT2D eigenvalue weighted by Crippen LogP contribution is -2.22. The van der Waals surface area contributed by atoms with E-state index in [-0.39, 0.29) is 6.61 Å². The van der Waals surface area contributed by atoms with Gasteiger partial charge >= 0.3 is 0 Å². The van der Waals surface area contributed by atoms with Crippen LogP contribution in [0.15, 0.2) is 90.4 Å². The fraction of sp³-hybridized carbons (Fsp3) is 0.227. The van der Waals surface area contributed by atoms with Crippen molar-refractivity contribution in [2.45, 2.75) is 27.2 Å². The molecule has 1 aliphatic rings. The summed E-state index contributed by atoms with van der Waals surface area (Å²) in [5.74, 6) is 0. The van der Waals surface area contributed by atoms with Gasteiger partial charge in [-0.15, -0.1) is 0 Å². The molecule has 0 atom stereocenters. The highest BCUT2D eigenvalue weighted by molar-refractivity contribution is 5.71. The molecule has 1 aromatic rings. The van der Waals surface area contributed by atoms with Gasteiger partial charge in [0.05, 0.1) is 12.3 Å². The predicted molar refractivity (Wildman–Crippen MR) is 107 cm³/mol. The lowest BCUT2D eigenvalue weighted by molar-refractivity contribution is 0.324. The van der Waals surface area contributed by atoms with Gasteiger partial charge < -0.3 is 10.4 Å². The average Bonchev–Trinajstić information content (AvgIpc) is 2.67. The van der Waals surface area contributed by atoms with Crippen LogP contribution in [0.3, 0.4) is 0 Å². The molecule has 3 nitrogen and oxygen atoms in total. The molecule has 0 spiro atoms. The molecule has 0 amide bonds. The Balaban J connectivity index is 0.00000151. The van der Waals surface area contributed by atoms with Gasteiger partial charge in [0.15, 0.2) is 0 Å². The van der Waals surface area contributed by atoms with Gasteiger partial charge in [-0.05, 0) is 30.7 Å². The second-order valence-electron chi connectivity index (χ2n) is 5.04. The standard InChI is InChI=1S/C20H22N2O.C2H6/c1-3-11-16-14-17(20(15-23)22-18(16)4-2)19-12-9-7-5-6-8-10-13-21-19;1-2/h3-13,22-23H,2,14-15H2,1H3;1-2H3/b6-5?,7-5?,8-6?,9-7?,10-8?,11-3-,12-9?,13-10?,19-12?,21-13?,21-19?;. The Bertz CT molecular complexity index is 688. The van der Waals surface area contributed by atoms with E-state index in [1.54, 1.807) is 12.3 Å². The summed E-state index contributed by atoms with van der Waals surface area (Å²) in [4.78, 5) is 4.53. The van der Waals surface area contributed by atoms with Crippen LogP contribution < -0.4 is 5.32 Å². The minimum atomic E-state index is -0.0674. The number of allylic oxidation sites excluding steroid dienone is 5. The van der Waals surface area contributed by atoms with Crippen molar-refractivity contribution < 1.29 is 5.11 Å². The highest BCUT2D eigenvalue weighted by Gasteiger charge is 2.18. The van der Waals surface area contributed by atoms with Gasteiger partial charge in [0.1, 0.15) is 0 Å². The Morgan fingerprint density at radius 1 is 1.16 bits per heavy atom. The number of nitrogens with one attached hydrogen (secondary N) is 1. The van der Waals surface area contributed by atoms with Crippen molar-refractivity contribution in [3.05, 3.63) is 96.1 Å². The van der Waals surface area contributed by atoms with E-state index in [1.807, 2.05) is 69.3 Å². The molecule has 132 valence electrons. The molecule has 0 aliphatic carbocycles. The summed E-state index contributed by atoms with van der Waals surface area (Å²) < 4.78 is 0. The summed E-state index contributed by atoms with van der Waals surface area (Å²) in [5.41, 5.74) is 4.65. The first-order chi connectivity index (χ1) is 12.3. The molecule has 0 fully saturated rings. The number of aliphatic hydroxyl groups excluding tert-OH is 1. The third-order valence-electron chi connectivity index (χ3n) is 3.51. The number of hydrogen-bond donors (Lipinski definition) is 2. The number of aromatic nitrogens is 1. The number of hydrogen-bond acceptors (Lipinski definition) is 3. The molecule has 0 aromatic carbocycles. The van der Waals surface area contributed by atoms with Gasteiger partial charge in [-0.2, -0.15) is 0 Å². The average molecular weight is 336 g/mol. The molecule has 3 heteroatoms. The van der Waals surface area contributed by atoms with E-state index >= 15 is 0 Å². The zero-order valence-electron chi connectivity index (χ0n) is 15.4. The maximum atomic E-state index is 9.73. The van der Waals surface area contributed by atoms with Crippen LogP contribution in [0.1, 0.15) is 32.9 Å². The fourth-order valence-electron chi connectivity index (χ4n) is 2.42. The van der Waals surface area contributed by atoms with Crippen molar-refractivity contribution in [2.24, 2.45) is 0 Å². The molecule has 0 saturated heterocycles. The van der Waals surface area contributed by atoms with Crippen molar-refractivity contribution in [1.29, 1.82) is 0 Å². The lowest BCUT2D eigenvalue weighted by Gasteiger charge is -2.23. The Labute approximate surface area is 151 Å². The Kier molecular flexibility index (Phi) is 9.64. The molecule has 1 aliphatic heterocycles. The molecular formula is C22H28N2O. The van der Waals surface area contributed by atoms with E-state index in [0.29, 0.717) is 6.42 Å². The Hall–Kier alpha value is -2.65. The van der Waals surface area contributed by atoms with Crippen LogP contribution in [0.5, 0.6) is 0 Å². The SMILES string of the molecule is C=CC1=C(/C=C\C)CC(c2ccccccccn2)=C(CO)N1.CC. The zero-order chi connectivity index (χ0) is 18.5. The van der Waals surface area contributed by atoms with E-state index in [2.05, 4.69) is 23.0 Å². The summed E-state index contributed by atoms with van der Waals surface area (Å²) in [7, 11) is 0. The van der Waals surface area contributed by atoms with Gasteiger partial charge in [-0.3, -0.25) is 4.98 Å². The summed E-state index contributed by atoms with van der Waals surface area (Å²) in [5, 5.41) is 13.0. The van der Waals surface area contributed by atoms with Crippen molar-refractivity contribution in [3.63, 3.8) is 0 Å². The summed E-state index contributed by atoms with van der Waals surface area (Å²) >= 11 is 0. The summed E-state index contributed by atoms with van der Waals surface area (Å²) in [6, 6.07) is 13.6. The van der Waals surface area contributed by atoms with Crippen molar-refractivity contribution in [1.82, 2.24) is 10.3 Å². The summed E-state index contributed by atoms with van der Waals surface area (Å²) in [6.45, 7) is 9.76. The monoisotopic (exact) mass is 336 g/mol. The lowest BCUT2D eigenvalue weighted by atomic mass is 9.94. The highest BCUT2D eigenvalue weighted by Crippen LogP contribution is 2.30. The van der Waals surface area contributed by atoms with E-state index in [0.717, 1.165) is 28.2 Å². The van der Waals surface area contributed by atoms with Gasteiger partial charge in [-0.25, -0.2) is 0 Å². The number of nitrogens with zero attached hydrogens (tertiary/aromatic N) is 1. The highest BCUT2D eigenvalue weighted by atomic mass is 16.3. The van der Waals surface area contributed by atoms with Gasteiger partial charge in [-0.1, -0.05) is 62.9 Å². The molecule has 25 heavy (non-hydrogen) atoms. The molecule has 0 radical (unpaired) electrons. The number of aliphatic hydroxyl groups is 1. The first-order valence-corrected chi connectivity index (χ1v) is 8.63. The number of rotatable bonds is 4. The first kappa shape index (κ1) is 20.4. The minimum absolute atomic E-state index is 0.0674. The normalized spacial score (nSPS) is 13.6. The quantitative estimate of drug-likeness (QED) is 0.818. The third-order valence-corrected chi connectivity index (χ3v) is 3.51. The second-order valence-corrected chi connectivity index (χ2v) is 5.04. The third kappa shape index (κ3) is 6.05. The molecule has 2 heterocycles. The maximum absolute atomic E-state index is 9.73. The van der Waals surface area contributed by atoms with Crippen LogP contribution in [0, 0.1) is 0 Å². The minimum Gasteiger partial charge on any atom is -0.390 e. The maximum Gasteiger partial charge on any atom is 0.0834 e. The second kappa shape index (κ2) is 11.8. The molecule has 0 bridgehead atoms. The molecule has 0 saturated carbocycles. The van der Waals surface area contributed by atoms with Crippen LogP contribution in [-0.2, 0) is 0 Å². The first-order valence-electron chi connectivity index (χ1n) is 8.63. The van der Waals surface area contributed by atoms with E-state index in [1.165, 1.54) is 0 Å². The van der Waals surface area contributed by atoms with Crippen LogP contribution in [0.2, 0.25) is 0 Å². The van der Waals surface area contributed by atoms with Crippen molar-refractivity contribution in [3.8, 4) is 0 Å². The van der Waals surface area contributed by atoms with Crippen LogP contribution in [0.25, 0.3) is 5.57 Å². The largest absolute Gasteiger partial charge is 0.390 e. The van der Waals surface area contributed by atoms with Gasteiger partial charge in [0, 0.05) is 29.6 Å².